The number of tetrazole rings is 1. The minimum atomic E-state index is 0.526. The minimum absolute atomic E-state index is 0.526. The highest BCUT2D eigenvalue weighted by molar-refractivity contribution is 14.1. The first kappa shape index (κ1) is 14.7. The van der Waals surface area contributed by atoms with Crippen LogP contribution in [0.3, 0.4) is 0 Å². The molecule has 0 aliphatic heterocycles. The van der Waals surface area contributed by atoms with E-state index in [0.717, 1.165) is 15.0 Å². The molecule has 108 valence electrons. The molecule has 6 nitrogen and oxygen atoms in total. The highest BCUT2D eigenvalue weighted by Gasteiger charge is 2.15. The number of aryl methyl sites for hydroxylation is 1. The molecule has 0 spiro atoms. The zero-order valence-electron chi connectivity index (χ0n) is 10.8. The standard InChI is InChI=1S/C12H9Cl2IN6/c1-2-21-18-12(16-19-21)8-6-20(17-11(8)15)10-4-3-7(13)5-9(10)14/h3-6H,2H2,1H3. The maximum Gasteiger partial charge on any atom is 0.209 e. The maximum absolute atomic E-state index is 6.20. The number of hydrogen-bond acceptors (Lipinski definition) is 4. The first-order valence-corrected chi connectivity index (χ1v) is 7.90. The van der Waals surface area contributed by atoms with Gasteiger partial charge in [-0.15, -0.1) is 10.2 Å². The van der Waals surface area contributed by atoms with Gasteiger partial charge < -0.3 is 0 Å². The lowest BCUT2D eigenvalue weighted by atomic mass is 10.3. The molecule has 0 saturated carbocycles. The van der Waals surface area contributed by atoms with Crippen LogP contribution in [0.1, 0.15) is 6.92 Å². The summed E-state index contributed by atoms with van der Waals surface area (Å²) in [5.74, 6) is 0.539. The number of hydrogen-bond donors (Lipinski definition) is 0. The average molecular weight is 435 g/mol. The first-order chi connectivity index (χ1) is 10.1. The van der Waals surface area contributed by atoms with Crippen molar-refractivity contribution in [3.8, 4) is 17.1 Å². The SMILES string of the molecule is CCn1nnc(-c2cn(-c3ccc(Cl)cc3Cl)nc2I)n1. The zero-order chi connectivity index (χ0) is 15.0. The lowest BCUT2D eigenvalue weighted by Crippen LogP contribution is -1.98. The van der Waals surface area contributed by atoms with Crippen LogP contribution in [0.15, 0.2) is 24.4 Å². The summed E-state index contributed by atoms with van der Waals surface area (Å²) in [4.78, 5) is 1.53. The van der Waals surface area contributed by atoms with Crippen LogP contribution in [0.2, 0.25) is 10.0 Å². The smallest absolute Gasteiger partial charge is 0.209 e. The molecule has 0 amide bonds. The molecule has 0 fully saturated rings. The fourth-order valence-corrected chi connectivity index (χ4v) is 2.89. The Balaban J connectivity index is 2.05. The minimum Gasteiger partial charge on any atom is -0.238 e. The second-order valence-electron chi connectivity index (χ2n) is 4.18. The molecule has 0 N–H and O–H groups in total. The Morgan fingerprint density at radius 3 is 2.71 bits per heavy atom. The molecule has 0 aliphatic rings. The molecule has 2 aromatic heterocycles. The summed E-state index contributed by atoms with van der Waals surface area (Å²) in [5, 5.41) is 17.8. The van der Waals surface area contributed by atoms with Crippen molar-refractivity contribution < 1.29 is 0 Å². The van der Waals surface area contributed by atoms with Gasteiger partial charge in [0, 0.05) is 11.2 Å². The highest BCUT2D eigenvalue weighted by atomic mass is 127. The van der Waals surface area contributed by atoms with Crippen molar-refractivity contribution in [2.45, 2.75) is 13.5 Å². The van der Waals surface area contributed by atoms with Gasteiger partial charge in [0.05, 0.1) is 22.8 Å². The van der Waals surface area contributed by atoms with Crippen molar-refractivity contribution >= 4 is 45.8 Å². The summed E-state index contributed by atoms with van der Waals surface area (Å²) in [7, 11) is 0. The summed E-state index contributed by atoms with van der Waals surface area (Å²) in [6.07, 6.45) is 1.83. The predicted octanol–water partition coefficient (Wildman–Crippen LogP) is 3.46. The molecule has 0 unspecified atom stereocenters. The topological polar surface area (TPSA) is 61.4 Å². The van der Waals surface area contributed by atoms with Gasteiger partial charge in [-0.2, -0.15) is 9.90 Å². The molecule has 2 heterocycles. The quantitative estimate of drug-likeness (QED) is 0.592. The second-order valence-corrected chi connectivity index (χ2v) is 6.04. The Labute approximate surface area is 144 Å². The molecule has 0 radical (unpaired) electrons. The molecule has 3 rings (SSSR count). The number of benzene rings is 1. The van der Waals surface area contributed by atoms with E-state index in [1.54, 1.807) is 16.8 Å². The van der Waals surface area contributed by atoms with Gasteiger partial charge in [0.25, 0.3) is 0 Å². The molecule has 0 aliphatic carbocycles. The fraction of sp³-hybridized carbons (Fsp3) is 0.167. The lowest BCUT2D eigenvalue weighted by molar-refractivity contribution is 0.553. The van der Waals surface area contributed by atoms with E-state index in [9.17, 15) is 0 Å². The van der Waals surface area contributed by atoms with Gasteiger partial charge in [-0.1, -0.05) is 23.2 Å². The summed E-state index contributed by atoms with van der Waals surface area (Å²) < 4.78 is 2.46. The van der Waals surface area contributed by atoms with Crippen molar-refractivity contribution in [2.75, 3.05) is 0 Å². The van der Waals surface area contributed by atoms with Gasteiger partial charge in [0.2, 0.25) is 5.82 Å². The van der Waals surface area contributed by atoms with Crippen molar-refractivity contribution in [3.63, 3.8) is 0 Å². The van der Waals surface area contributed by atoms with Crippen LogP contribution in [0.4, 0.5) is 0 Å². The van der Waals surface area contributed by atoms with E-state index in [1.165, 1.54) is 4.80 Å². The number of aromatic nitrogens is 6. The highest BCUT2D eigenvalue weighted by Crippen LogP contribution is 2.27. The van der Waals surface area contributed by atoms with E-state index in [0.29, 0.717) is 22.4 Å². The molecule has 0 saturated heterocycles. The van der Waals surface area contributed by atoms with Gasteiger partial charge >= 0.3 is 0 Å². The van der Waals surface area contributed by atoms with Gasteiger partial charge in [-0.3, -0.25) is 0 Å². The van der Waals surface area contributed by atoms with E-state index >= 15 is 0 Å². The molecular formula is C12H9Cl2IN6. The molecule has 1 aromatic carbocycles. The van der Waals surface area contributed by atoms with Gasteiger partial charge in [-0.05, 0) is 52.9 Å². The van der Waals surface area contributed by atoms with Crippen LogP contribution in [-0.2, 0) is 6.54 Å². The third-order valence-electron chi connectivity index (χ3n) is 2.80. The Bertz CT molecular complexity index is 797. The lowest BCUT2D eigenvalue weighted by Gasteiger charge is -2.03. The Morgan fingerprint density at radius 1 is 1.24 bits per heavy atom. The van der Waals surface area contributed by atoms with Crippen molar-refractivity contribution in [1.29, 1.82) is 0 Å². The van der Waals surface area contributed by atoms with Gasteiger partial charge in [-0.25, -0.2) is 4.68 Å². The summed E-state index contributed by atoms with van der Waals surface area (Å²) in [6, 6.07) is 5.26. The predicted molar refractivity (Wildman–Crippen MR) is 88.8 cm³/mol. The summed E-state index contributed by atoms with van der Waals surface area (Å²) in [5.41, 5.74) is 1.55. The van der Waals surface area contributed by atoms with Crippen LogP contribution < -0.4 is 0 Å². The zero-order valence-corrected chi connectivity index (χ0v) is 14.5. The fourth-order valence-electron chi connectivity index (χ4n) is 1.78. The summed E-state index contributed by atoms with van der Waals surface area (Å²) in [6.45, 7) is 2.62. The number of halogens is 3. The molecule has 0 bridgehead atoms. The average Bonchev–Trinajstić information content (AvgIpc) is 3.05. The molecule has 3 aromatic rings. The first-order valence-electron chi connectivity index (χ1n) is 6.07. The van der Waals surface area contributed by atoms with Crippen molar-refractivity contribution in [2.24, 2.45) is 0 Å². The van der Waals surface area contributed by atoms with E-state index in [-0.39, 0.29) is 0 Å². The Kier molecular flexibility index (Phi) is 4.14. The van der Waals surface area contributed by atoms with Crippen LogP contribution in [0.25, 0.3) is 17.1 Å². The normalized spacial score (nSPS) is 11.0. The number of nitrogens with zero attached hydrogens (tertiary/aromatic N) is 6. The van der Waals surface area contributed by atoms with Gasteiger partial charge in [0.15, 0.2) is 0 Å². The van der Waals surface area contributed by atoms with E-state index in [4.69, 9.17) is 23.2 Å². The maximum atomic E-state index is 6.20. The van der Waals surface area contributed by atoms with E-state index in [2.05, 4.69) is 43.1 Å². The van der Waals surface area contributed by atoms with Crippen LogP contribution in [-0.4, -0.2) is 30.0 Å². The Hall–Kier alpha value is -1.19. The third-order valence-corrected chi connectivity index (χ3v) is 4.14. The third kappa shape index (κ3) is 2.90. The van der Waals surface area contributed by atoms with Gasteiger partial charge in [0.1, 0.15) is 3.70 Å². The van der Waals surface area contributed by atoms with Crippen molar-refractivity contribution in [1.82, 2.24) is 30.0 Å². The van der Waals surface area contributed by atoms with Crippen molar-refractivity contribution in [3.05, 3.63) is 38.1 Å². The largest absolute Gasteiger partial charge is 0.238 e. The van der Waals surface area contributed by atoms with Crippen LogP contribution in [0.5, 0.6) is 0 Å². The van der Waals surface area contributed by atoms with E-state index in [1.807, 2.05) is 19.2 Å². The molecular weight excluding hydrogens is 426 g/mol. The number of rotatable bonds is 3. The Morgan fingerprint density at radius 2 is 2.05 bits per heavy atom. The van der Waals surface area contributed by atoms with Crippen LogP contribution in [0, 0.1) is 3.70 Å². The van der Waals surface area contributed by atoms with E-state index < -0.39 is 0 Å². The monoisotopic (exact) mass is 434 g/mol. The molecule has 0 atom stereocenters. The summed E-state index contributed by atoms with van der Waals surface area (Å²) >= 11 is 14.2. The molecule has 21 heavy (non-hydrogen) atoms. The molecule has 9 heteroatoms. The second kappa shape index (κ2) is 5.90. The van der Waals surface area contributed by atoms with Crippen LogP contribution >= 0.6 is 45.8 Å².